The van der Waals surface area contributed by atoms with Gasteiger partial charge in [0.2, 0.25) is 5.91 Å². The molecule has 1 aromatic rings. The van der Waals surface area contributed by atoms with Gasteiger partial charge in [0.05, 0.1) is 6.04 Å². The van der Waals surface area contributed by atoms with Crippen LogP contribution in [0.4, 0.5) is 0 Å². The van der Waals surface area contributed by atoms with Gasteiger partial charge in [-0.15, -0.1) is 0 Å². The van der Waals surface area contributed by atoms with Crippen LogP contribution >= 0.6 is 15.9 Å². The SMILES string of the molecule is O=C(C1CCCN1Cc1cncc(Br)c1)N1CCNCC1. The zero-order valence-corrected chi connectivity index (χ0v) is 13.7. The zero-order chi connectivity index (χ0) is 14.7. The van der Waals surface area contributed by atoms with E-state index in [-0.39, 0.29) is 6.04 Å². The summed E-state index contributed by atoms with van der Waals surface area (Å²) in [5, 5.41) is 3.30. The lowest BCUT2D eigenvalue weighted by Gasteiger charge is -2.33. The van der Waals surface area contributed by atoms with Gasteiger partial charge in [-0.25, -0.2) is 0 Å². The van der Waals surface area contributed by atoms with Crippen molar-refractivity contribution in [1.29, 1.82) is 0 Å². The van der Waals surface area contributed by atoms with Gasteiger partial charge in [-0.3, -0.25) is 14.7 Å². The molecule has 3 heterocycles. The molecule has 1 atom stereocenters. The van der Waals surface area contributed by atoms with Crippen molar-refractivity contribution in [2.75, 3.05) is 32.7 Å². The summed E-state index contributed by atoms with van der Waals surface area (Å²) in [6, 6.07) is 2.12. The number of pyridine rings is 1. The highest BCUT2D eigenvalue weighted by atomic mass is 79.9. The summed E-state index contributed by atoms with van der Waals surface area (Å²) in [6.07, 6.45) is 5.75. The van der Waals surface area contributed by atoms with Crippen LogP contribution in [0.3, 0.4) is 0 Å². The molecule has 3 rings (SSSR count). The minimum Gasteiger partial charge on any atom is -0.339 e. The van der Waals surface area contributed by atoms with Crippen molar-refractivity contribution in [3.8, 4) is 0 Å². The quantitative estimate of drug-likeness (QED) is 0.889. The maximum atomic E-state index is 12.7. The lowest BCUT2D eigenvalue weighted by molar-refractivity contribution is -0.136. The Bertz CT molecular complexity index is 504. The Morgan fingerprint density at radius 2 is 2.14 bits per heavy atom. The van der Waals surface area contributed by atoms with Crippen LogP contribution < -0.4 is 5.32 Å². The molecule has 2 aliphatic heterocycles. The Morgan fingerprint density at radius 1 is 1.33 bits per heavy atom. The van der Waals surface area contributed by atoms with Crippen molar-refractivity contribution in [2.45, 2.75) is 25.4 Å². The molecule has 0 aromatic carbocycles. The number of rotatable bonds is 3. The van der Waals surface area contributed by atoms with E-state index in [1.54, 1.807) is 6.20 Å². The number of nitrogens with zero attached hydrogens (tertiary/aromatic N) is 3. The highest BCUT2D eigenvalue weighted by molar-refractivity contribution is 9.10. The first kappa shape index (κ1) is 14.9. The van der Waals surface area contributed by atoms with Crippen molar-refractivity contribution in [2.24, 2.45) is 0 Å². The fraction of sp³-hybridized carbons (Fsp3) is 0.600. The normalized spacial score (nSPS) is 23.5. The average Bonchev–Trinajstić information content (AvgIpc) is 2.95. The first-order chi connectivity index (χ1) is 10.2. The van der Waals surface area contributed by atoms with Crippen molar-refractivity contribution >= 4 is 21.8 Å². The lowest BCUT2D eigenvalue weighted by Crippen LogP contribution is -2.52. The van der Waals surface area contributed by atoms with Crippen molar-refractivity contribution < 1.29 is 4.79 Å². The minimum absolute atomic E-state index is 0.0436. The number of hydrogen-bond acceptors (Lipinski definition) is 4. The van der Waals surface area contributed by atoms with Gasteiger partial charge in [0, 0.05) is 49.6 Å². The molecule has 1 aromatic heterocycles. The number of aromatic nitrogens is 1. The molecule has 6 heteroatoms. The molecule has 0 aliphatic carbocycles. The molecular weight excluding hydrogens is 332 g/mol. The minimum atomic E-state index is 0.0436. The number of hydrogen-bond donors (Lipinski definition) is 1. The molecule has 1 amide bonds. The fourth-order valence-electron chi connectivity index (χ4n) is 3.17. The van der Waals surface area contributed by atoms with Gasteiger partial charge >= 0.3 is 0 Å². The molecule has 5 nitrogen and oxygen atoms in total. The first-order valence-electron chi connectivity index (χ1n) is 7.57. The molecule has 114 valence electrons. The van der Waals surface area contributed by atoms with Crippen molar-refractivity contribution in [3.63, 3.8) is 0 Å². The number of likely N-dealkylation sites (tertiary alicyclic amines) is 1. The number of carbonyl (C=O) groups is 1. The summed E-state index contributed by atoms with van der Waals surface area (Å²) in [6.45, 7) is 5.29. The number of piperazine rings is 1. The first-order valence-corrected chi connectivity index (χ1v) is 8.36. The molecule has 0 radical (unpaired) electrons. The maximum Gasteiger partial charge on any atom is 0.240 e. The van der Waals surface area contributed by atoms with Crippen LogP contribution in [0.15, 0.2) is 22.9 Å². The van der Waals surface area contributed by atoms with Crippen molar-refractivity contribution in [1.82, 2.24) is 20.1 Å². The van der Waals surface area contributed by atoms with Crippen LogP contribution in [0.2, 0.25) is 0 Å². The summed E-state index contributed by atoms with van der Waals surface area (Å²) >= 11 is 3.46. The second kappa shape index (κ2) is 6.85. The third kappa shape index (κ3) is 3.62. The molecule has 21 heavy (non-hydrogen) atoms. The summed E-state index contributed by atoms with van der Waals surface area (Å²) in [7, 11) is 0. The summed E-state index contributed by atoms with van der Waals surface area (Å²) < 4.78 is 0.990. The van der Waals surface area contributed by atoms with E-state index in [9.17, 15) is 4.79 Å². The summed E-state index contributed by atoms with van der Waals surface area (Å²) in [4.78, 5) is 21.2. The van der Waals surface area contributed by atoms with E-state index >= 15 is 0 Å². The Hall–Kier alpha value is -0.980. The highest BCUT2D eigenvalue weighted by Gasteiger charge is 2.33. The largest absolute Gasteiger partial charge is 0.339 e. The van der Waals surface area contributed by atoms with E-state index in [4.69, 9.17) is 0 Å². The molecule has 2 aliphatic rings. The van der Waals surface area contributed by atoms with E-state index < -0.39 is 0 Å². The third-order valence-corrected chi connectivity index (χ3v) is 4.66. The highest BCUT2D eigenvalue weighted by Crippen LogP contribution is 2.22. The van der Waals surface area contributed by atoms with Gasteiger partial charge < -0.3 is 10.2 Å². The van der Waals surface area contributed by atoms with E-state index in [1.165, 1.54) is 0 Å². The standard InChI is InChI=1S/C15H21BrN4O/c16-13-8-12(9-18-10-13)11-20-5-1-2-14(20)15(21)19-6-3-17-4-7-19/h8-10,14,17H,1-7,11H2. The summed E-state index contributed by atoms with van der Waals surface area (Å²) in [5.74, 6) is 0.303. The van der Waals surface area contributed by atoms with Crippen molar-refractivity contribution in [3.05, 3.63) is 28.5 Å². The van der Waals surface area contributed by atoms with Gasteiger partial charge in [0.25, 0.3) is 0 Å². The molecule has 1 N–H and O–H groups in total. The van der Waals surface area contributed by atoms with Gasteiger partial charge in [0.15, 0.2) is 0 Å². The lowest BCUT2D eigenvalue weighted by atomic mass is 10.1. The molecule has 0 bridgehead atoms. The fourth-order valence-corrected chi connectivity index (χ4v) is 3.58. The predicted molar refractivity (Wildman–Crippen MR) is 84.8 cm³/mol. The molecule has 2 fully saturated rings. The Kier molecular flexibility index (Phi) is 4.87. The van der Waals surface area contributed by atoms with Gasteiger partial charge in [-0.05, 0) is 46.9 Å². The Labute approximate surface area is 133 Å². The van der Waals surface area contributed by atoms with Crippen LogP contribution in [0, 0.1) is 0 Å². The number of nitrogens with one attached hydrogen (secondary N) is 1. The topological polar surface area (TPSA) is 48.5 Å². The van der Waals surface area contributed by atoms with Crippen LogP contribution in [0.25, 0.3) is 0 Å². The van der Waals surface area contributed by atoms with E-state index in [2.05, 4.69) is 37.2 Å². The van der Waals surface area contributed by atoms with Crippen LogP contribution in [-0.2, 0) is 11.3 Å². The second-order valence-electron chi connectivity index (χ2n) is 5.72. The maximum absolute atomic E-state index is 12.7. The van der Waals surface area contributed by atoms with E-state index in [0.29, 0.717) is 5.91 Å². The van der Waals surface area contributed by atoms with E-state index in [0.717, 1.165) is 62.1 Å². The molecule has 0 saturated carbocycles. The van der Waals surface area contributed by atoms with Crippen LogP contribution in [0.5, 0.6) is 0 Å². The average molecular weight is 353 g/mol. The van der Waals surface area contributed by atoms with Gasteiger partial charge in [0.1, 0.15) is 0 Å². The van der Waals surface area contributed by atoms with Gasteiger partial charge in [-0.2, -0.15) is 0 Å². The predicted octanol–water partition coefficient (Wildman–Crippen LogP) is 1.24. The molecule has 1 unspecified atom stereocenters. The van der Waals surface area contributed by atoms with Crippen LogP contribution in [0.1, 0.15) is 18.4 Å². The number of carbonyl (C=O) groups excluding carboxylic acids is 1. The summed E-state index contributed by atoms with van der Waals surface area (Å²) in [5.41, 5.74) is 1.16. The van der Waals surface area contributed by atoms with Gasteiger partial charge in [-0.1, -0.05) is 0 Å². The zero-order valence-electron chi connectivity index (χ0n) is 12.1. The molecule has 2 saturated heterocycles. The third-order valence-electron chi connectivity index (χ3n) is 4.22. The smallest absolute Gasteiger partial charge is 0.240 e. The Morgan fingerprint density at radius 3 is 2.90 bits per heavy atom. The Balaban J connectivity index is 1.66. The second-order valence-corrected chi connectivity index (χ2v) is 6.63. The number of halogens is 1. The van der Waals surface area contributed by atoms with E-state index in [1.807, 2.05) is 11.1 Å². The molecule has 0 spiro atoms. The molecular formula is C15H21BrN4O. The number of amides is 1. The monoisotopic (exact) mass is 352 g/mol. The van der Waals surface area contributed by atoms with Crippen LogP contribution in [-0.4, -0.2) is 59.5 Å².